The molecule has 4 rings (SSSR count). The predicted molar refractivity (Wildman–Crippen MR) is 106 cm³/mol. The number of hydrogen-bond donors (Lipinski definition) is 0. The highest BCUT2D eigenvalue weighted by molar-refractivity contribution is 7.15. The van der Waals surface area contributed by atoms with Crippen LogP contribution in [0.25, 0.3) is 22.1 Å². The maximum atomic E-state index is 12.9. The first-order valence-electron chi connectivity index (χ1n) is 8.38. The highest BCUT2D eigenvalue weighted by Gasteiger charge is 2.16. The predicted octanol–water partition coefficient (Wildman–Crippen LogP) is 2.40. The van der Waals surface area contributed by atoms with E-state index in [2.05, 4.69) is 4.98 Å². The van der Waals surface area contributed by atoms with Gasteiger partial charge in [-0.25, -0.2) is 9.38 Å². The number of para-hydroxylation sites is 2. The molecule has 7 nitrogen and oxygen atoms in total. The first kappa shape index (κ1) is 18.0. The Morgan fingerprint density at radius 2 is 1.82 bits per heavy atom. The molecule has 0 saturated heterocycles. The molecule has 0 spiro atoms. The van der Waals surface area contributed by atoms with Gasteiger partial charge in [0, 0.05) is 6.92 Å². The lowest BCUT2D eigenvalue weighted by Crippen LogP contribution is -2.22. The molecule has 0 amide bonds. The molecule has 2 aromatic carbocycles. The van der Waals surface area contributed by atoms with Gasteiger partial charge in [-0.15, -0.1) is 0 Å². The maximum absolute atomic E-state index is 12.9. The van der Waals surface area contributed by atoms with E-state index in [0.717, 1.165) is 11.0 Å². The molecule has 4 aromatic rings. The number of rotatable bonds is 4. The number of carbonyl (C=O) groups is 1. The Kier molecular flexibility index (Phi) is 4.48. The van der Waals surface area contributed by atoms with Gasteiger partial charge in [0.15, 0.2) is 16.5 Å². The summed E-state index contributed by atoms with van der Waals surface area (Å²) in [6.07, 6.45) is 1.74. The molecule has 8 heteroatoms. The first-order valence-corrected chi connectivity index (χ1v) is 9.19. The van der Waals surface area contributed by atoms with Crippen LogP contribution in [0.4, 0.5) is 0 Å². The highest BCUT2D eigenvalue weighted by atomic mass is 32.1. The first-order chi connectivity index (χ1) is 13.5. The minimum Gasteiger partial charge on any atom is -0.493 e. The molecular weight excluding hydrogens is 380 g/mol. The Morgan fingerprint density at radius 1 is 1.14 bits per heavy atom. The van der Waals surface area contributed by atoms with Crippen molar-refractivity contribution in [1.29, 1.82) is 0 Å². The number of esters is 1. The van der Waals surface area contributed by atoms with Gasteiger partial charge in [0.25, 0.3) is 5.56 Å². The number of thiazole rings is 1. The number of ether oxygens (including phenoxy) is 3. The van der Waals surface area contributed by atoms with Crippen LogP contribution in [0.3, 0.4) is 0 Å². The van der Waals surface area contributed by atoms with E-state index in [1.54, 1.807) is 22.6 Å². The van der Waals surface area contributed by atoms with Crippen molar-refractivity contribution in [2.75, 3.05) is 14.2 Å². The topological polar surface area (TPSA) is 79.1 Å². The molecule has 0 bridgehead atoms. The molecule has 0 atom stereocenters. The smallest absolute Gasteiger partial charge is 0.308 e. The van der Waals surface area contributed by atoms with Crippen LogP contribution in [0.2, 0.25) is 0 Å². The minimum atomic E-state index is -0.485. The molecule has 28 heavy (non-hydrogen) atoms. The lowest BCUT2D eigenvalue weighted by molar-refractivity contribution is -0.132. The molecule has 0 aliphatic carbocycles. The van der Waals surface area contributed by atoms with E-state index in [9.17, 15) is 9.59 Å². The number of aromatic nitrogens is 2. The van der Waals surface area contributed by atoms with E-state index in [1.807, 2.05) is 24.3 Å². The van der Waals surface area contributed by atoms with Crippen LogP contribution < -0.4 is 24.3 Å². The summed E-state index contributed by atoms with van der Waals surface area (Å²) >= 11 is 1.30. The molecule has 2 aromatic heterocycles. The second-order valence-electron chi connectivity index (χ2n) is 5.98. The number of nitrogens with zero attached hydrogens (tertiary/aromatic N) is 2. The van der Waals surface area contributed by atoms with Crippen LogP contribution in [-0.2, 0) is 4.79 Å². The fraction of sp³-hybridized carbons (Fsp3) is 0.150. The number of fused-ring (bicyclic) bond motifs is 3. The van der Waals surface area contributed by atoms with Crippen LogP contribution >= 0.6 is 11.3 Å². The Hall–Kier alpha value is -3.39. The van der Waals surface area contributed by atoms with Crippen LogP contribution in [-0.4, -0.2) is 29.6 Å². The molecule has 0 radical (unpaired) electrons. The van der Waals surface area contributed by atoms with Gasteiger partial charge in [-0.1, -0.05) is 23.5 Å². The average molecular weight is 396 g/mol. The average Bonchev–Trinajstić information content (AvgIpc) is 3.18. The second-order valence-corrected chi connectivity index (χ2v) is 6.99. The van der Waals surface area contributed by atoms with Gasteiger partial charge in [0.2, 0.25) is 5.75 Å². The maximum Gasteiger partial charge on any atom is 0.308 e. The van der Waals surface area contributed by atoms with Gasteiger partial charge in [0.05, 0.1) is 29.8 Å². The van der Waals surface area contributed by atoms with Crippen LogP contribution in [0.1, 0.15) is 12.5 Å². The number of methoxy groups -OCH3 is 2. The third kappa shape index (κ3) is 2.97. The summed E-state index contributed by atoms with van der Waals surface area (Å²) in [7, 11) is 2.94. The Balaban J connectivity index is 1.90. The van der Waals surface area contributed by atoms with E-state index in [0.29, 0.717) is 26.6 Å². The van der Waals surface area contributed by atoms with Gasteiger partial charge < -0.3 is 14.2 Å². The van der Waals surface area contributed by atoms with Crippen molar-refractivity contribution < 1.29 is 19.0 Å². The highest BCUT2D eigenvalue weighted by Crippen LogP contribution is 2.38. The quantitative estimate of drug-likeness (QED) is 0.389. The summed E-state index contributed by atoms with van der Waals surface area (Å²) < 4.78 is 18.0. The summed E-state index contributed by atoms with van der Waals surface area (Å²) in [6, 6.07) is 10.9. The van der Waals surface area contributed by atoms with Crippen molar-refractivity contribution in [2.24, 2.45) is 0 Å². The van der Waals surface area contributed by atoms with Crippen LogP contribution in [0.15, 0.2) is 41.2 Å². The lowest BCUT2D eigenvalue weighted by Gasteiger charge is -2.13. The normalized spacial score (nSPS) is 11.9. The van der Waals surface area contributed by atoms with Crippen molar-refractivity contribution in [2.45, 2.75) is 6.92 Å². The summed E-state index contributed by atoms with van der Waals surface area (Å²) in [5.41, 5.74) is 2.09. The summed E-state index contributed by atoms with van der Waals surface area (Å²) in [4.78, 5) is 29.4. The Morgan fingerprint density at radius 3 is 2.46 bits per heavy atom. The van der Waals surface area contributed by atoms with E-state index in [4.69, 9.17) is 14.2 Å². The lowest BCUT2D eigenvalue weighted by atomic mass is 10.1. The zero-order valence-electron chi connectivity index (χ0n) is 15.4. The van der Waals surface area contributed by atoms with Gasteiger partial charge in [0.1, 0.15) is 0 Å². The molecule has 0 aliphatic rings. The van der Waals surface area contributed by atoms with Crippen molar-refractivity contribution in [1.82, 2.24) is 9.38 Å². The van der Waals surface area contributed by atoms with Gasteiger partial charge in [-0.2, -0.15) is 0 Å². The molecule has 0 unspecified atom stereocenters. The molecule has 0 saturated carbocycles. The summed E-state index contributed by atoms with van der Waals surface area (Å²) in [5, 5.41) is 0. The largest absolute Gasteiger partial charge is 0.493 e. The zero-order chi connectivity index (χ0) is 19.8. The Labute approximate surface area is 163 Å². The number of benzene rings is 2. The van der Waals surface area contributed by atoms with Crippen LogP contribution in [0, 0.1) is 0 Å². The molecule has 142 valence electrons. The molecule has 0 aliphatic heterocycles. The van der Waals surface area contributed by atoms with E-state index in [-0.39, 0.29) is 11.3 Å². The van der Waals surface area contributed by atoms with Gasteiger partial charge >= 0.3 is 5.97 Å². The molecule has 0 N–H and O–H groups in total. The van der Waals surface area contributed by atoms with E-state index >= 15 is 0 Å². The third-order valence-electron chi connectivity index (χ3n) is 4.17. The Bertz CT molecular complexity index is 1300. The number of carbonyl (C=O) groups excluding carboxylic acids is 1. The molecule has 0 fully saturated rings. The standard InChI is InChI=1S/C20H16N2O5S/c1-11(23)27-18-15(25-2)8-12(9-16(18)26-3)10-17-19(24)22-14-7-5-4-6-13(14)21-20(22)28-17/h4-10H,1-3H3/b17-10-. The van der Waals surface area contributed by atoms with Crippen molar-refractivity contribution in [3.05, 3.63) is 56.8 Å². The fourth-order valence-corrected chi connectivity index (χ4v) is 3.98. The van der Waals surface area contributed by atoms with Crippen molar-refractivity contribution in [3.8, 4) is 17.2 Å². The zero-order valence-corrected chi connectivity index (χ0v) is 16.2. The van der Waals surface area contributed by atoms with Crippen molar-refractivity contribution in [3.63, 3.8) is 0 Å². The van der Waals surface area contributed by atoms with Crippen molar-refractivity contribution >= 4 is 39.4 Å². The summed E-state index contributed by atoms with van der Waals surface area (Å²) in [5.74, 6) is 0.380. The number of hydrogen-bond acceptors (Lipinski definition) is 7. The third-order valence-corrected chi connectivity index (χ3v) is 5.14. The van der Waals surface area contributed by atoms with Gasteiger partial charge in [-0.3, -0.25) is 9.59 Å². The fourth-order valence-electron chi connectivity index (χ4n) is 2.99. The monoisotopic (exact) mass is 396 g/mol. The minimum absolute atomic E-state index is 0.143. The number of imidazole rings is 1. The molecular formula is C20H16N2O5S. The second kappa shape index (κ2) is 6.97. The molecule has 2 heterocycles. The van der Waals surface area contributed by atoms with Crippen LogP contribution in [0.5, 0.6) is 17.2 Å². The summed E-state index contributed by atoms with van der Waals surface area (Å²) in [6.45, 7) is 1.30. The van der Waals surface area contributed by atoms with Gasteiger partial charge in [-0.05, 0) is 35.9 Å². The van der Waals surface area contributed by atoms with E-state index < -0.39 is 5.97 Å². The van der Waals surface area contributed by atoms with E-state index in [1.165, 1.54) is 32.5 Å². The SMILES string of the molecule is COc1cc(/C=c2\sc3nc4ccccc4n3c2=O)cc(OC)c1OC(C)=O.